The normalized spacial score (nSPS) is 16.3. The van der Waals surface area contributed by atoms with Crippen LogP contribution in [0.4, 0.5) is 11.6 Å². The Kier molecular flexibility index (Phi) is 5.31. The van der Waals surface area contributed by atoms with Crippen LogP contribution in [0.2, 0.25) is 0 Å². The number of likely N-dealkylation sites (tertiary alicyclic amines) is 1. The Labute approximate surface area is 186 Å². The highest BCUT2D eigenvalue weighted by molar-refractivity contribution is 5.98. The number of benzene rings is 1. The van der Waals surface area contributed by atoms with Crippen LogP contribution in [0.1, 0.15) is 46.3 Å². The zero-order chi connectivity index (χ0) is 22.1. The van der Waals surface area contributed by atoms with Gasteiger partial charge in [0.2, 0.25) is 0 Å². The van der Waals surface area contributed by atoms with Crippen LogP contribution in [0.15, 0.2) is 54.7 Å². The summed E-state index contributed by atoms with van der Waals surface area (Å²) < 4.78 is 0. The fourth-order valence-corrected chi connectivity index (χ4v) is 4.36. The molecule has 0 radical (unpaired) electrons. The molecule has 4 aromatic rings. The molecule has 3 aromatic heterocycles. The van der Waals surface area contributed by atoms with Crippen LogP contribution in [0, 0.1) is 13.8 Å². The molecule has 1 amide bonds. The smallest absolute Gasteiger partial charge is 0.270 e. The van der Waals surface area contributed by atoms with Gasteiger partial charge in [0.15, 0.2) is 0 Å². The third-order valence-electron chi connectivity index (χ3n) is 5.92. The summed E-state index contributed by atoms with van der Waals surface area (Å²) >= 11 is 0. The summed E-state index contributed by atoms with van der Waals surface area (Å²) in [7, 11) is 0. The van der Waals surface area contributed by atoms with E-state index in [1.165, 1.54) is 0 Å². The summed E-state index contributed by atoms with van der Waals surface area (Å²) in [6, 6.07) is 15.8. The van der Waals surface area contributed by atoms with Gasteiger partial charge < -0.3 is 15.2 Å². The number of carbonyl (C=O) groups excluding carboxylic acids is 1. The maximum absolute atomic E-state index is 13.2. The van der Waals surface area contributed by atoms with E-state index in [9.17, 15) is 4.79 Å². The Morgan fingerprint density at radius 1 is 1.09 bits per heavy atom. The number of aromatic nitrogens is 4. The van der Waals surface area contributed by atoms with E-state index >= 15 is 0 Å². The Hall–Kier alpha value is -3.74. The number of para-hydroxylation sites is 1. The van der Waals surface area contributed by atoms with Gasteiger partial charge in [-0.2, -0.15) is 0 Å². The van der Waals surface area contributed by atoms with Crippen molar-refractivity contribution >= 4 is 28.4 Å². The number of hydrogen-bond donors (Lipinski definition) is 2. The zero-order valence-corrected chi connectivity index (χ0v) is 18.3. The Morgan fingerprint density at radius 2 is 1.97 bits per heavy atom. The van der Waals surface area contributed by atoms with Gasteiger partial charge in [-0.3, -0.25) is 4.79 Å². The second-order valence-corrected chi connectivity index (χ2v) is 8.43. The maximum atomic E-state index is 13.2. The third kappa shape index (κ3) is 4.19. The molecule has 1 aromatic carbocycles. The van der Waals surface area contributed by atoms with Gasteiger partial charge in [0.05, 0.1) is 5.69 Å². The van der Waals surface area contributed by atoms with Crippen molar-refractivity contribution in [1.82, 2.24) is 24.8 Å². The van der Waals surface area contributed by atoms with E-state index in [2.05, 4.69) is 20.3 Å². The molecule has 162 valence electrons. The predicted molar refractivity (Wildman–Crippen MR) is 125 cm³/mol. The van der Waals surface area contributed by atoms with Crippen molar-refractivity contribution in [3.63, 3.8) is 0 Å². The van der Waals surface area contributed by atoms with Gasteiger partial charge in [-0.05, 0) is 56.5 Å². The molecule has 0 aliphatic carbocycles. The molecule has 2 N–H and O–H groups in total. The number of H-pyrrole nitrogens is 1. The minimum absolute atomic E-state index is 0.0407. The lowest BCUT2D eigenvalue weighted by atomic mass is 9.94. The monoisotopic (exact) mass is 426 g/mol. The fraction of sp³-hybridized carbons (Fsp3) is 0.280. The van der Waals surface area contributed by atoms with E-state index in [0.29, 0.717) is 18.1 Å². The van der Waals surface area contributed by atoms with E-state index in [1.807, 2.05) is 67.3 Å². The largest absolute Gasteiger partial charge is 0.351 e. The molecular weight excluding hydrogens is 400 g/mol. The number of aromatic amines is 1. The third-order valence-corrected chi connectivity index (χ3v) is 5.92. The van der Waals surface area contributed by atoms with Gasteiger partial charge in [-0.1, -0.05) is 18.2 Å². The average molecular weight is 427 g/mol. The predicted octanol–water partition coefficient (Wildman–Crippen LogP) is 4.73. The van der Waals surface area contributed by atoms with Crippen LogP contribution < -0.4 is 5.32 Å². The lowest BCUT2D eigenvalue weighted by Crippen LogP contribution is -2.39. The molecule has 1 fully saturated rings. The highest BCUT2D eigenvalue weighted by atomic mass is 16.2. The molecule has 1 saturated heterocycles. The molecule has 1 aliphatic rings. The fourth-order valence-electron chi connectivity index (χ4n) is 4.36. The Balaban J connectivity index is 1.35. The number of fused-ring (bicyclic) bond motifs is 1. The van der Waals surface area contributed by atoms with E-state index in [4.69, 9.17) is 4.98 Å². The van der Waals surface area contributed by atoms with Crippen LogP contribution in [0.25, 0.3) is 10.9 Å². The Morgan fingerprint density at radius 3 is 2.81 bits per heavy atom. The standard InChI is InChI=1S/C25H26N6O/c1-16-9-10-26-23(12-16)30-24-14-21(27-17(2)28-24)19-7-5-11-31(15-19)25(32)22-13-18-6-3-4-8-20(18)29-22/h3-4,6,8-10,12-14,19,29H,5,7,11,15H2,1-2H3,(H,26,27,28,30)/t19-/m0/s1. The van der Waals surface area contributed by atoms with E-state index in [-0.39, 0.29) is 11.8 Å². The minimum atomic E-state index is 0.0407. The van der Waals surface area contributed by atoms with Crippen LogP contribution >= 0.6 is 0 Å². The first-order valence-corrected chi connectivity index (χ1v) is 11.0. The molecular formula is C25H26N6O. The first-order valence-electron chi connectivity index (χ1n) is 11.0. The van der Waals surface area contributed by atoms with Crippen molar-refractivity contribution in [3.8, 4) is 0 Å². The SMILES string of the molecule is Cc1ccnc(Nc2cc([C@H]3CCCN(C(=O)c4cc5ccccc5[nH]4)C3)nc(C)n2)c1. The van der Waals surface area contributed by atoms with E-state index < -0.39 is 0 Å². The first kappa shape index (κ1) is 20.2. The number of pyridine rings is 1. The van der Waals surface area contributed by atoms with Crippen LogP contribution in [-0.4, -0.2) is 43.8 Å². The lowest BCUT2D eigenvalue weighted by Gasteiger charge is -2.32. The van der Waals surface area contributed by atoms with Crippen molar-refractivity contribution < 1.29 is 4.79 Å². The quantitative estimate of drug-likeness (QED) is 0.492. The summed E-state index contributed by atoms with van der Waals surface area (Å²) in [6.45, 7) is 5.33. The van der Waals surface area contributed by atoms with Crippen LogP contribution in [0.3, 0.4) is 0 Å². The molecule has 0 bridgehead atoms. The van der Waals surface area contributed by atoms with Crippen molar-refractivity contribution in [3.05, 3.63) is 77.5 Å². The topological polar surface area (TPSA) is 86.8 Å². The van der Waals surface area contributed by atoms with Gasteiger partial charge in [0, 0.05) is 42.2 Å². The molecule has 7 nitrogen and oxygen atoms in total. The number of anilines is 2. The molecule has 1 aliphatic heterocycles. The van der Waals surface area contributed by atoms with Crippen molar-refractivity contribution in [2.45, 2.75) is 32.6 Å². The second-order valence-electron chi connectivity index (χ2n) is 8.43. The van der Waals surface area contributed by atoms with Gasteiger partial charge >= 0.3 is 0 Å². The molecule has 4 heterocycles. The molecule has 7 heteroatoms. The summed E-state index contributed by atoms with van der Waals surface area (Å²) in [5.41, 5.74) is 3.71. The summed E-state index contributed by atoms with van der Waals surface area (Å²) in [6.07, 6.45) is 3.72. The lowest BCUT2D eigenvalue weighted by molar-refractivity contribution is 0.0701. The zero-order valence-electron chi connectivity index (χ0n) is 18.3. The second kappa shape index (κ2) is 8.42. The molecule has 1 atom stereocenters. The van der Waals surface area contributed by atoms with Crippen molar-refractivity contribution in [1.29, 1.82) is 0 Å². The minimum Gasteiger partial charge on any atom is -0.351 e. The molecule has 32 heavy (non-hydrogen) atoms. The number of carbonyl (C=O) groups is 1. The highest BCUT2D eigenvalue weighted by Crippen LogP contribution is 2.29. The Bertz CT molecular complexity index is 1250. The van der Waals surface area contributed by atoms with Gasteiger partial charge in [0.1, 0.15) is 23.2 Å². The highest BCUT2D eigenvalue weighted by Gasteiger charge is 2.27. The summed E-state index contributed by atoms with van der Waals surface area (Å²) in [4.78, 5) is 32.0. The molecule has 0 unspecified atom stereocenters. The van der Waals surface area contributed by atoms with Crippen LogP contribution in [0.5, 0.6) is 0 Å². The van der Waals surface area contributed by atoms with Crippen molar-refractivity contribution in [2.24, 2.45) is 0 Å². The van der Waals surface area contributed by atoms with Gasteiger partial charge in [-0.25, -0.2) is 15.0 Å². The number of nitrogens with zero attached hydrogens (tertiary/aromatic N) is 4. The van der Waals surface area contributed by atoms with Crippen LogP contribution in [-0.2, 0) is 0 Å². The maximum Gasteiger partial charge on any atom is 0.270 e. The first-order chi connectivity index (χ1) is 15.5. The number of hydrogen-bond acceptors (Lipinski definition) is 5. The van der Waals surface area contributed by atoms with E-state index in [0.717, 1.165) is 53.2 Å². The number of amides is 1. The average Bonchev–Trinajstić information content (AvgIpc) is 3.23. The summed E-state index contributed by atoms with van der Waals surface area (Å²) in [5.74, 6) is 2.40. The number of nitrogens with one attached hydrogen (secondary N) is 2. The van der Waals surface area contributed by atoms with Crippen molar-refractivity contribution in [2.75, 3.05) is 18.4 Å². The number of aryl methyl sites for hydroxylation is 2. The number of rotatable bonds is 4. The van der Waals surface area contributed by atoms with Gasteiger partial charge in [-0.15, -0.1) is 0 Å². The molecule has 0 spiro atoms. The molecule has 0 saturated carbocycles. The summed E-state index contributed by atoms with van der Waals surface area (Å²) in [5, 5.41) is 4.34. The van der Waals surface area contributed by atoms with Gasteiger partial charge in [0.25, 0.3) is 5.91 Å². The number of piperidine rings is 1. The molecule has 5 rings (SSSR count). The van der Waals surface area contributed by atoms with E-state index in [1.54, 1.807) is 6.20 Å².